The zero-order valence-electron chi connectivity index (χ0n) is 10.9. The quantitative estimate of drug-likeness (QED) is 0.676. The van der Waals surface area contributed by atoms with Gasteiger partial charge in [-0.15, -0.1) is 0 Å². The number of benzene rings is 1. The van der Waals surface area contributed by atoms with Gasteiger partial charge in [0.05, 0.1) is 21.6 Å². The second kappa shape index (κ2) is 4.97. The summed E-state index contributed by atoms with van der Waals surface area (Å²) >= 11 is 0. The van der Waals surface area contributed by atoms with Crippen molar-refractivity contribution in [3.05, 3.63) is 50.6 Å². The van der Waals surface area contributed by atoms with Crippen LogP contribution in [-0.2, 0) is 0 Å². The molecular formula is C13H12N4O4. The molecule has 1 fully saturated rings. The van der Waals surface area contributed by atoms with Crippen LogP contribution in [0.3, 0.4) is 0 Å². The lowest BCUT2D eigenvalue weighted by molar-refractivity contribution is -0.393. The molecule has 0 spiro atoms. The average molecular weight is 288 g/mol. The highest BCUT2D eigenvalue weighted by molar-refractivity contribution is 6.00. The summed E-state index contributed by atoms with van der Waals surface area (Å²) in [5, 5.41) is 25.9. The maximum Gasteiger partial charge on any atom is 0.301 e. The van der Waals surface area contributed by atoms with E-state index in [4.69, 9.17) is 0 Å². The van der Waals surface area contributed by atoms with E-state index in [1.807, 2.05) is 6.08 Å². The van der Waals surface area contributed by atoms with Crippen molar-refractivity contribution in [2.24, 2.45) is 16.9 Å². The van der Waals surface area contributed by atoms with Crippen molar-refractivity contribution < 1.29 is 9.85 Å². The zero-order valence-corrected chi connectivity index (χ0v) is 10.9. The summed E-state index contributed by atoms with van der Waals surface area (Å²) in [6.07, 6.45) is 6.24. The van der Waals surface area contributed by atoms with Gasteiger partial charge in [0.1, 0.15) is 5.69 Å². The first kappa shape index (κ1) is 13.2. The fourth-order valence-electron chi connectivity index (χ4n) is 2.59. The molecule has 21 heavy (non-hydrogen) atoms. The van der Waals surface area contributed by atoms with Gasteiger partial charge in [0.2, 0.25) is 0 Å². The van der Waals surface area contributed by atoms with Crippen molar-refractivity contribution in [2.75, 3.05) is 5.43 Å². The molecule has 8 heteroatoms. The highest BCUT2D eigenvalue weighted by Crippen LogP contribution is 2.41. The Hall–Kier alpha value is -2.77. The van der Waals surface area contributed by atoms with Gasteiger partial charge in [0, 0.05) is 12.0 Å². The van der Waals surface area contributed by atoms with Crippen LogP contribution in [0.1, 0.15) is 12.8 Å². The minimum atomic E-state index is -0.665. The maximum atomic E-state index is 11.0. The van der Waals surface area contributed by atoms with Gasteiger partial charge in [0.25, 0.3) is 5.69 Å². The van der Waals surface area contributed by atoms with Crippen LogP contribution in [0.25, 0.3) is 0 Å². The summed E-state index contributed by atoms with van der Waals surface area (Å²) in [5.74, 6) is 0.937. The van der Waals surface area contributed by atoms with Crippen LogP contribution in [0.15, 0.2) is 35.5 Å². The summed E-state index contributed by atoms with van der Waals surface area (Å²) in [4.78, 5) is 20.3. The van der Waals surface area contributed by atoms with E-state index in [0.29, 0.717) is 11.8 Å². The molecule has 0 heterocycles. The Kier molecular flexibility index (Phi) is 3.13. The minimum Gasteiger partial charge on any atom is -0.271 e. The normalized spacial score (nSPS) is 24.5. The van der Waals surface area contributed by atoms with E-state index < -0.39 is 9.85 Å². The summed E-state index contributed by atoms with van der Waals surface area (Å²) in [6, 6.07) is 3.45. The van der Waals surface area contributed by atoms with Gasteiger partial charge in [-0.25, -0.2) is 0 Å². The Bertz CT molecular complexity index is 683. The number of rotatable bonds is 4. The molecule has 0 bridgehead atoms. The number of hydrogen-bond donors (Lipinski definition) is 1. The van der Waals surface area contributed by atoms with Crippen LogP contribution in [0, 0.1) is 32.1 Å². The van der Waals surface area contributed by atoms with E-state index in [9.17, 15) is 20.2 Å². The second-order valence-electron chi connectivity index (χ2n) is 5.07. The summed E-state index contributed by atoms with van der Waals surface area (Å²) in [6.45, 7) is 0. The number of allylic oxidation sites excluding steroid dienone is 2. The van der Waals surface area contributed by atoms with Crippen molar-refractivity contribution in [1.29, 1.82) is 0 Å². The molecule has 1 aromatic carbocycles. The molecule has 2 atom stereocenters. The van der Waals surface area contributed by atoms with Gasteiger partial charge in [-0.3, -0.25) is 25.7 Å². The fraction of sp³-hybridized carbons (Fsp3) is 0.308. The van der Waals surface area contributed by atoms with Gasteiger partial charge >= 0.3 is 5.69 Å². The summed E-state index contributed by atoms with van der Waals surface area (Å²) in [7, 11) is 0. The van der Waals surface area contributed by atoms with Gasteiger partial charge in [0.15, 0.2) is 0 Å². The first-order chi connectivity index (χ1) is 10.1. The van der Waals surface area contributed by atoms with Crippen molar-refractivity contribution in [2.45, 2.75) is 12.8 Å². The summed E-state index contributed by atoms with van der Waals surface area (Å²) in [5.41, 5.74) is 3.00. The molecular weight excluding hydrogens is 276 g/mol. The molecule has 2 aliphatic carbocycles. The zero-order chi connectivity index (χ0) is 15.0. The number of anilines is 1. The predicted molar refractivity (Wildman–Crippen MR) is 76.2 cm³/mol. The molecule has 1 N–H and O–H groups in total. The Balaban J connectivity index is 1.85. The van der Waals surface area contributed by atoms with E-state index in [2.05, 4.69) is 16.6 Å². The molecule has 0 aromatic heterocycles. The predicted octanol–water partition coefficient (Wildman–Crippen LogP) is 2.87. The molecule has 0 amide bonds. The topological polar surface area (TPSA) is 111 Å². The standard InChI is InChI=1S/C13H12N4O4/c18-16(19)9-3-6-12(13(7-9)17(20)21)15-14-11-5-2-8-1-4-10(8)11/h2-3,5-8,10,15H,1,4H2/b14-11-/t8-,10-/m0/s1. The van der Waals surface area contributed by atoms with Crippen LogP contribution in [-0.4, -0.2) is 15.6 Å². The minimum absolute atomic E-state index is 0.147. The summed E-state index contributed by atoms with van der Waals surface area (Å²) < 4.78 is 0. The maximum absolute atomic E-state index is 11.0. The third-order valence-corrected chi connectivity index (χ3v) is 3.92. The molecule has 0 aliphatic heterocycles. The Morgan fingerprint density at radius 1 is 1.19 bits per heavy atom. The van der Waals surface area contributed by atoms with E-state index in [1.165, 1.54) is 12.1 Å². The average Bonchev–Trinajstić information content (AvgIpc) is 2.70. The second-order valence-corrected chi connectivity index (χ2v) is 5.07. The SMILES string of the molecule is O=[N+]([O-])c1ccc(N/N=C2/C=C[C@@H]3CC[C@H]23)c([N+](=O)[O-])c1. The Morgan fingerprint density at radius 2 is 2.00 bits per heavy atom. The van der Waals surface area contributed by atoms with Crippen molar-refractivity contribution in [3.63, 3.8) is 0 Å². The van der Waals surface area contributed by atoms with E-state index in [-0.39, 0.29) is 17.1 Å². The third-order valence-electron chi connectivity index (χ3n) is 3.92. The fourth-order valence-corrected chi connectivity index (χ4v) is 2.59. The first-order valence-electron chi connectivity index (χ1n) is 6.51. The number of hydrogen-bond acceptors (Lipinski definition) is 6. The van der Waals surface area contributed by atoms with Gasteiger partial charge in [-0.2, -0.15) is 5.10 Å². The van der Waals surface area contributed by atoms with Crippen molar-refractivity contribution in [3.8, 4) is 0 Å². The highest BCUT2D eigenvalue weighted by atomic mass is 16.6. The molecule has 1 aromatic rings. The lowest BCUT2D eigenvalue weighted by Crippen LogP contribution is -2.26. The van der Waals surface area contributed by atoms with Crippen LogP contribution in [0.2, 0.25) is 0 Å². The molecule has 108 valence electrons. The van der Waals surface area contributed by atoms with Crippen LogP contribution in [0.4, 0.5) is 17.1 Å². The van der Waals surface area contributed by atoms with E-state index >= 15 is 0 Å². The number of non-ortho nitro benzene ring substituents is 1. The lowest BCUT2D eigenvalue weighted by Gasteiger charge is -2.29. The number of fused-ring (bicyclic) bond motifs is 1. The van der Waals surface area contributed by atoms with Gasteiger partial charge in [-0.05, 0) is 30.9 Å². The number of nitro benzene ring substituents is 2. The van der Waals surface area contributed by atoms with Crippen LogP contribution in [0.5, 0.6) is 0 Å². The van der Waals surface area contributed by atoms with E-state index in [1.54, 1.807) is 0 Å². The molecule has 1 saturated carbocycles. The highest BCUT2D eigenvalue weighted by Gasteiger charge is 2.36. The number of nitrogens with one attached hydrogen (secondary N) is 1. The molecule has 3 rings (SSSR count). The number of nitrogens with zero attached hydrogens (tertiary/aromatic N) is 3. The molecule has 0 saturated heterocycles. The smallest absolute Gasteiger partial charge is 0.271 e. The van der Waals surface area contributed by atoms with E-state index in [0.717, 1.165) is 24.6 Å². The van der Waals surface area contributed by atoms with Crippen molar-refractivity contribution in [1.82, 2.24) is 0 Å². The first-order valence-corrected chi connectivity index (χ1v) is 6.51. The third kappa shape index (κ3) is 2.35. The monoisotopic (exact) mass is 288 g/mol. The molecule has 2 aliphatic rings. The lowest BCUT2D eigenvalue weighted by atomic mass is 9.75. The number of hydrazone groups is 1. The largest absolute Gasteiger partial charge is 0.301 e. The van der Waals surface area contributed by atoms with Gasteiger partial charge < -0.3 is 0 Å². The molecule has 0 unspecified atom stereocenters. The molecule has 8 nitrogen and oxygen atoms in total. The molecule has 0 radical (unpaired) electrons. The number of nitro groups is 2. The van der Waals surface area contributed by atoms with Crippen LogP contribution >= 0.6 is 0 Å². The Labute approximate surface area is 119 Å². The van der Waals surface area contributed by atoms with Gasteiger partial charge in [-0.1, -0.05) is 6.08 Å². The van der Waals surface area contributed by atoms with Crippen LogP contribution < -0.4 is 5.43 Å². The Morgan fingerprint density at radius 3 is 2.57 bits per heavy atom. The van der Waals surface area contributed by atoms with Crippen molar-refractivity contribution >= 4 is 22.8 Å².